The lowest BCUT2D eigenvalue weighted by atomic mass is 10.2. The highest BCUT2D eigenvalue weighted by Crippen LogP contribution is 2.09. The van der Waals surface area contributed by atoms with E-state index in [1.165, 1.54) is 32.5 Å². The van der Waals surface area contributed by atoms with Crippen molar-refractivity contribution < 1.29 is 0 Å². The van der Waals surface area contributed by atoms with Crippen molar-refractivity contribution in [3.05, 3.63) is 11.6 Å². The number of rotatable bonds is 3. The Labute approximate surface area is 82.0 Å². The molecule has 0 aromatic rings. The zero-order chi connectivity index (χ0) is 9.68. The first-order valence-corrected chi connectivity index (χ1v) is 5.27. The fourth-order valence-corrected chi connectivity index (χ4v) is 1.70. The van der Waals surface area contributed by atoms with E-state index in [1.54, 1.807) is 5.57 Å². The van der Waals surface area contributed by atoms with E-state index in [0.29, 0.717) is 6.04 Å². The quantitative estimate of drug-likeness (QED) is 0.667. The van der Waals surface area contributed by atoms with Crippen LogP contribution in [0.1, 0.15) is 26.7 Å². The molecule has 1 atom stereocenters. The topological polar surface area (TPSA) is 15.3 Å². The van der Waals surface area contributed by atoms with Crippen molar-refractivity contribution in [3.8, 4) is 0 Å². The minimum Gasteiger partial charge on any atom is -0.316 e. The average Bonchev–Trinajstić information content (AvgIpc) is 2.31. The smallest absolute Gasteiger partial charge is 0.0163 e. The Morgan fingerprint density at radius 1 is 1.54 bits per heavy atom. The maximum Gasteiger partial charge on any atom is 0.0163 e. The van der Waals surface area contributed by atoms with E-state index >= 15 is 0 Å². The SMILES string of the molecule is CNC(C)CN1CCC=C(C)CC1. The zero-order valence-corrected chi connectivity index (χ0v) is 9.14. The third-order valence-corrected chi connectivity index (χ3v) is 2.79. The van der Waals surface area contributed by atoms with Crippen LogP contribution in [0.25, 0.3) is 0 Å². The van der Waals surface area contributed by atoms with E-state index in [0.717, 1.165) is 0 Å². The molecule has 2 nitrogen and oxygen atoms in total. The summed E-state index contributed by atoms with van der Waals surface area (Å²) in [5.74, 6) is 0. The molecule has 0 spiro atoms. The summed E-state index contributed by atoms with van der Waals surface area (Å²) in [5, 5.41) is 3.29. The molecule has 1 unspecified atom stereocenters. The predicted molar refractivity (Wildman–Crippen MR) is 58.0 cm³/mol. The summed E-state index contributed by atoms with van der Waals surface area (Å²) < 4.78 is 0. The molecule has 1 aliphatic heterocycles. The molecule has 1 aliphatic rings. The largest absolute Gasteiger partial charge is 0.316 e. The summed E-state index contributed by atoms with van der Waals surface area (Å²) in [7, 11) is 2.03. The number of hydrogen-bond donors (Lipinski definition) is 1. The van der Waals surface area contributed by atoms with Gasteiger partial charge < -0.3 is 10.2 Å². The Morgan fingerprint density at radius 2 is 2.31 bits per heavy atom. The highest BCUT2D eigenvalue weighted by molar-refractivity contribution is 5.00. The van der Waals surface area contributed by atoms with Gasteiger partial charge in [0, 0.05) is 25.7 Å². The van der Waals surface area contributed by atoms with Gasteiger partial charge in [0.05, 0.1) is 0 Å². The van der Waals surface area contributed by atoms with E-state index in [1.807, 2.05) is 7.05 Å². The number of nitrogens with zero attached hydrogens (tertiary/aromatic N) is 1. The van der Waals surface area contributed by atoms with E-state index in [4.69, 9.17) is 0 Å². The van der Waals surface area contributed by atoms with Gasteiger partial charge in [-0.25, -0.2) is 0 Å². The minimum atomic E-state index is 0.610. The monoisotopic (exact) mass is 182 g/mol. The third kappa shape index (κ3) is 3.92. The summed E-state index contributed by atoms with van der Waals surface area (Å²) in [5.41, 5.74) is 1.56. The van der Waals surface area contributed by atoms with Crippen molar-refractivity contribution in [1.29, 1.82) is 0 Å². The minimum absolute atomic E-state index is 0.610. The highest BCUT2D eigenvalue weighted by Gasteiger charge is 2.10. The molecule has 0 saturated carbocycles. The average molecular weight is 182 g/mol. The van der Waals surface area contributed by atoms with Crippen molar-refractivity contribution in [2.75, 3.05) is 26.7 Å². The molecule has 0 bridgehead atoms. The molecule has 76 valence electrons. The number of hydrogen-bond acceptors (Lipinski definition) is 2. The Bertz CT molecular complexity index is 175. The summed E-state index contributed by atoms with van der Waals surface area (Å²) in [4.78, 5) is 2.55. The summed E-state index contributed by atoms with van der Waals surface area (Å²) in [6, 6.07) is 0.610. The van der Waals surface area contributed by atoms with Crippen LogP contribution in [0.5, 0.6) is 0 Å². The molecule has 0 aliphatic carbocycles. The maximum absolute atomic E-state index is 3.29. The second kappa shape index (κ2) is 5.40. The van der Waals surface area contributed by atoms with Crippen LogP contribution >= 0.6 is 0 Å². The van der Waals surface area contributed by atoms with Crippen LogP contribution in [0.4, 0.5) is 0 Å². The third-order valence-electron chi connectivity index (χ3n) is 2.79. The first-order chi connectivity index (χ1) is 6.22. The molecule has 0 aromatic heterocycles. The summed E-state index contributed by atoms with van der Waals surface area (Å²) >= 11 is 0. The molecule has 1 N–H and O–H groups in total. The van der Waals surface area contributed by atoms with Gasteiger partial charge in [-0.2, -0.15) is 0 Å². The van der Waals surface area contributed by atoms with Gasteiger partial charge in [0.2, 0.25) is 0 Å². The van der Waals surface area contributed by atoms with Crippen molar-refractivity contribution in [3.63, 3.8) is 0 Å². The van der Waals surface area contributed by atoms with Crippen molar-refractivity contribution >= 4 is 0 Å². The highest BCUT2D eigenvalue weighted by atomic mass is 15.1. The predicted octanol–water partition coefficient (Wildman–Crippen LogP) is 1.64. The van der Waals surface area contributed by atoms with Crippen LogP contribution in [0.3, 0.4) is 0 Å². The van der Waals surface area contributed by atoms with Gasteiger partial charge in [-0.15, -0.1) is 0 Å². The van der Waals surface area contributed by atoms with Gasteiger partial charge >= 0.3 is 0 Å². The molecular formula is C11H22N2. The van der Waals surface area contributed by atoms with Crippen molar-refractivity contribution in [2.45, 2.75) is 32.7 Å². The number of nitrogens with one attached hydrogen (secondary N) is 1. The molecular weight excluding hydrogens is 160 g/mol. The fourth-order valence-electron chi connectivity index (χ4n) is 1.70. The van der Waals surface area contributed by atoms with Crippen LogP contribution in [0.15, 0.2) is 11.6 Å². The number of likely N-dealkylation sites (N-methyl/N-ethyl adjacent to an activating group) is 1. The van der Waals surface area contributed by atoms with Crippen molar-refractivity contribution in [2.24, 2.45) is 0 Å². The van der Waals surface area contributed by atoms with E-state index in [9.17, 15) is 0 Å². The standard InChI is InChI=1S/C11H22N2/c1-10-5-4-7-13(8-6-10)9-11(2)12-3/h5,11-12H,4,6-9H2,1-3H3. The van der Waals surface area contributed by atoms with Crippen LogP contribution in [-0.2, 0) is 0 Å². The molecule has 0 amide bonds. The second-order valence-electron chi connectivity index (χ2n) is 4.08. The van der Waals surface area contributed by atoms with Gasteiger partial charge in [0.1, 0.15) is 0 Å². The first kappa shape index (κ1) is 10.7. The first-order valence-electron chi connectivity index (χ1n) is 5.27. The summed E-state index contributed by atoms with van der Waals surface area (Å²) in [6.07, 6.45) is 4.85. The molecule has 0 saturated heterocycles. The van der Waals surface area contributed by atoms with Gasteiger partial charge in [0.15, 0.2) is 0 Å². The van der Waals surface area contributed by atoms with E-state index in [2.05, 4.69) is 30.1 Å². The normalized spacial score (nSPS) is 22.2. The lowest BCUT2D eigenvalue weighted by molar-refractivity contribution is 0.263. The van der Waals surface area contributed by atoms with Gasteiger partial charge in [-0.3, -0.25) is 0 Å². The summed E-state index contributed by atoms with van der Waals surface area (Å²) in [6.45, 7) is 8.12. The van der Waals surface area contributed by atoms with Gasteiger partial charge in [-0.1, -0.05) is 11.6 Å². The fraction of sp³-hybridized carbons (Fsp3) is 0.818. The lowest BCUT2D eigenvalue weighted by Gasteiger charge is -2.23. The Morgan fingerprint density at radius 3 is 3.00 bits per heavy atom. The molecule has 1 rings (SSSR count). The Kier molecular flexibility index (Phi) is 4.46. The van der Waals surface area contributed by atoms with Crippen LogP contribution in [0.2, 0.25) is 0 Å². The Hall–Kier alpha value is -0.340. The van der Waals surface area contributed by atoms with E-state index < -0.39 is 0 Å². The molecule has 0 fully saturated rings. The van der Waals surface area contributed by atoms with E-state index in [-0.39, 0.29) is 0 Å². The second-order valence-corrected chi connectivity index (χ2v) is 4.08. The molecule has 1 heterocycles. The molecule has 13 heavy (non-hydrogen) atoms. The zero-order valence-electron chi connectivity index (χ0n) is 9.14. The maximum atomic E-state index is 3.29. The molecule has 0 radical (unpaired) electrons. The van der Waals surface area contributed by atoms with Crippen LogP contribution < -0.4 is 5.32 Å². The van der Waals surface area contributed by atoms with Crippen LogP contribution in [-0.4, -0.2) is 37.6 Å². The van der Waals surface area contributed by atoms with Gasteiger partial charge in [0.25, 0.3) is 0 Å². The van der Waals surface area contributed by atoms with Crippen molar-refractivity contribution in [1.82, 2.24) is 10.2 Å². The van der Waals surface area contributed by atoms with Crippen LogP contribution in [0, 0.1) is 0 Å². The van der Waals surface area contributed by atoms with Gasteiger partial charge in [-0.05, 0) is 33.7 Å². The lowest BCUT2D eigenvalue weighted by Crippen LogP contribution is -2.38. The molecule has 0 aromatic carbocycles. The Balaban J connectivity index is 2.29. The molecule has 2 heteroatoms.